The molecule has 8 heteroatoms. The second-order valence-corrected chi connectivity index (χ2v) is 13.8. The number of allylic oxidation sites excluding steroid dienone is 2. The first-order valence-electron chi connectivity index (χ1n) is 15.5. The van der Waals surface area contributed by atoms with Crippen molar-refractivity contribution in [1.29, 1.82) is 0 Å². The topological polar surface area (TPSA) is 96.8 Å². The van der Waals surface area contributed by atoms with Crippen LogP contribution < -0.4 is 4.74 Å². The predicted octanol–water partition coefficient (Wildman–Crippen LogP) is 6.69. The highest BCUT2D eigenvalue weighted by Crippen LogP contribution is 2.57. The van der Waals surface area contributed by atoms with Crippen LogP contribution in [0.25, 0.3) is 10.2 Å². The third-order valence-corrected chi connectivity index (χ3v) is 10.4. The van der Waals surface area contributed by atoms with Gasteiger partial charge in [0.15, 0.2) is 5.78 Å². The number of thiazole rings is 1. The van der Waals surface area contributed by atoms with Crippen molar-refractivity contribution in [2.75, 3.05) is 6.54 Å². The summed E-state index contributed by atoms with van der Waals surface area (Å²) in [4.78, 5) is 47.1. The van der Waals surface area contributed by atoms with E-state index in [1.165, 1.54) is 11.3 Å². The average molecular weight is 601 g/mol. The Labute approximate surface area is 257 Å². The van der Waals surface area contributed by atoms with Crippen LogP contribution in [0.4, 0.5) is 0 Å². The number of aryl methyl sites for hydroxylation is 2. The summed E-state index contributed by atoms with van der Waals surface area (Å²) in [5.74, 6) is -1.54. The number of carbonyl (C=O) groups excluding carboxylic acids is 2. The summed E-state index contributed by atoms with van der Waals surface area (Å²) < 4.78 is 7.38. The highest BCUT2D eigenvalue weighted by Gasteiger charge is 2.61. The Hall–Kier alpha value is -3.52. The normalized spacial score (nSPS) is 28.9. The number of aromatic nitrogens is 1. The van der Waals surface area contributed by atoms with Gasteiger partial charge in [-0.05, 0) is 75.1 Å². The van der Waals surface area contributed by atoms with Gasteiger partial charge in [-0.15, -0.1) is 0 Å². The minimum Gasteiger partial charge on any atom is -0.481 e. The van der Waals surface area contributed by atoms with E-state index in [0.717, 1.165) is 59.0 Å². The summed E-state index contributed by atoms with van der Waals surface area (Å²) >= 11 is 1.47. The molecule has 0 radical (unpaired) electrons. The van der Waals surface area contributed by atoms with Crippen molar-refractivity contribution in [3.05, 3.63) is 71.3 Å². The lowest BCUT2D eigenvalue weighted by Gasteiger charge is -2.29. The number of aliphatic carboxylic acids is 1. The van der Waals surface area contributed by atoms with E-state index < -0.39 is 23.5 Å². The molecule has 3 heterocycles. The Morgan fingerprint density at radius 1 is 1.12 bits per heavy atom. The standard InChI is InChI=1S/C35H40N2O5S/c1-22-9-8-10-24(15-22)17-25-11-6-4-3-5-7-12-26-19-35(26,33(40)41)20-30(38)29-18-27(21-37(29)32(25)39)42-34-36-28-14-13-23(2)16-31(28)43-34/h7-10,12-16,25-27,29H,3-6,11,17-21H2,1-2H3,(H,40,41)/b12-7-/t25-,26+,27-,29+,35-/m1/s1. The van der Waals surface area contributed by atoms with Crippen LogP contribution in [0.5, 0.6) is 5.19 Å². The van der Waals surface area contributed by atoms with E-state index in [4.69, 9.17) is 4.74 Å². The van der Waals surface area contributed by atoms with Crippen molar-refractivity contribution in [2.45, 2.75) is 83.8 Å². The lowest BCUT2D eigenvalue weighted by molar-refractivity contribution is -0.147. The smallest absolute Gasteiger partial charge is 0.310 e. The fourth-order valence-electron chi connectivity index (χ4n) is 6.94. The Morgan fingerprint density at radius 2 is 1.95 bits per heavy atom. The first kappa shape index (κ1) is 29.5. The number of carboxylic acids is 1. The molecule has 3 aliphatic rings. The molecule has 1 N–H and O–H groups in total. The van der Waals surface area contributed by atoms with Gasteiger partial charge in [-0.25, -0.2) is 4.98 Å². The average Bonchev–Trinajstić information content (AvgIpc) is 3.29. The van der Waals surface area contributed by atoms with Crippen LogP contribution in [-0.4, -0.2) is 51.3 Å². The number of carboxylic acid groups (broad SMARTS) is 1. The largest absolute Gasteiger partial charge is 0.481 e. The molecule has 1 aliphatic carbocycles. The molecule has 6 rings (SSSR count). The SMILES string of the molecule is Cc1cccc(C[C@H]2CCCCC/C=C\[C@H]3C[C@@]3(C(=O)O)CC(=O)[C@@H]3C[C@@H](Oc4nc5ccc(C)cc5s4)CN3C2=O)c1. The molecule has 1 amide bonds. The van der Waals surface area contributed by atoms with Gasteiger partial charge in [-0.2, -0.15) is 0 Å². The van der Waals surface area contributed by atoms with Crippen LogP contribution in [0.15, 0.2) is 54.6 Å². The van der Waals surface area contributed by atoms with Gasteiger partial charge in [0.05, 0.1) is 28.2 Å². The van der Waals surface area contributed by atoms with Gasteiger partial charge in [0.1, 0.15) is 6.10 Å². The summed E-state index contributed by atoms with van der Waals surface area (Å²) in [6.45, 7) is 4.38. The van der Waals surface area contributed by atoms with Crippen molar-refractivity contribution in [3.63, 3.8) is 0 Å². The zero-order valence-electron chi connectivity index (χ0n) is 25.0. The zero-order valence-corrected chi connectivity index (χ0v) is 25.8. The zero-order chi connectivity index (χ0) is 30.1. The van der Waals surface area contributed by atoms with E-state index in [1.54, 1.807) is 4.90 Å². The van der Waals surface area contributed by atoms with Gasteiger partial charge >= 0.3 is 5.97 Å². The van der Waals surface area contributed by atoms with E-state index >= 15 is 0 Å². The molecule has 7 nitrogen and oxygen atoms in total. The first-order valence-corrected chi connectivity index (χ1v) is 16.4. The molecule has 0 unspecified atom stereocenters. The molecule has 0 spiro atoms. The summed E-state index contributed by atoms with van der Waals surface area (Å²) in [5.41, 5.74) is 3.20. The van der Waals surface area contributed by atoms with Crippen LogP contribution in [0.3, 0.4) is 0 Å². The number of rotatable bonds is 5. The van der Waals surface area contributed by atoms with Crippen LogP contribution >= 0.6 is 11.3 Å². The molecule has 2 aromatic carbocycles. The molecule has 226 valence electrons. The second-order valence-electron chi connectivity index (χ2n) is 12.8. The molecule has 3 aromatic rings. The van der Waals surface area contributed by atoms with Crippen LogP contribution in [0.2, 0.25) is 0 Å². The number of benzene rings is 2. The summed E-state index contributed by atoms with van der Waals surface area (Å²) in [6, 6.07) is 13.6. The molecule has 2 aliphatic heterocycles. The first-order chi connectivity index (χ1) is 20.7. The van der Waals surface area contributed by atoms with E-state index in [-0.39, 0.29) is 36.5 Å². The van der Waals surface area contributed by atoms with Gasteiger partial charge in [-0.1, -0.05) is 72.2 Å². The number of hydrogen-bond acceptors (Lipinski definition) is 6. The molecule has 43 heavy (non-hydrogen) atoms. The highest BCUT2D eigenvalue weighted by molar-refractivity contribution is 7.20. The van der Waals surface area contributed by atoms with E-state index in [1.807, 2.05) is 31.2 Å². The maximum absolute atomic E-state index is 14.4. The number of amides is 1. The number of ether oxygens (including phenoxy) is 1. The molecule has 1 aromatic heterocycles. The predicted molar refractivity (Wildman–Crippen MR) is 167 cm³/mol. The monoisotopic (exact) mass is 600 g/mol. The van der Waals surface area contributed by atoms with Crippen molar-refractivity contribution >= 4 is 39.2 Å². The van der Waals surface area contributed by atoms with Crippen molar-refractivity contribution in [2.24, 2.45) is 17.3 Å². The van der Waals surface area contributed by atoms with Crippen LogP contribution in [0.1, 0.15) is 68.1 Å². The number of fused-ring (bicyclic) bond motifs is 3. The summed E-state index contributed by atoms with van der Waals surface area (Å²) in [7, 11) is 0. The third-order valence-electron chi connectivity index (χ3n) is 9.46. The fraction of sp³-hybridized carbons (Fsp3) is 0.486. The van der Waals surface area contributed by atoms with Gasteiger partial charge in [-0.3, -0.25) is 14.4 Å². The van der Waals surface area contributed by atoms with E-state index in [0.29, 0.717) is 24.5 Å². The summed E-state index contributed by atoms with van der Waals surface area (Å²) in [6.07, 6.45) is 9.60. The van der Waals surface area contributed by atoms with E-state index in [9.17, 15) is 19.5 Å². The molecule has 5 atom stereocenters. The number of Topliss-reactive ketones (excluding diaryl/α,β-unsaturated/α-hetero) is 1. The molecular weight excluding hydrogens is 560 g/mol. The fourth-order valence-corrected chi connectivity index (χ4v) is 7.92. The van der Waals surface area contributed by atoms with Gasteiger partial charge in [0, 0.05) is 18.8 Å². The number of carbonyl (C=O) groups is 3. The van der Waals surface area contributed by atoms with Crippen LogP contribution in [-0.2, 0) is 20.8 Å². The second kappa shape index (κ2) is 12.2. The molecular formula is C35H40N2O5S. The number of nitrogens with zero attached hydrogens (tertiary/aromatic N) is 2. The van der Waals surface area contributed by atoms with Crippen molar-refractivity contribution < 1.29 is 24.2 Å². The Kier molecular flexibility index (Phi) is 8.40. The molecule has 1 saturated carbocycles. The van der Waals surface area contributed by atoms with E-state index in [2.05, 4.69) is 42.2 Å². The lowest BCUT2D eigenvalue weighted by atomic mass is 9.90. The maximum atomic E-state index is 14.4. The number of ketones is 1. The van der Waals surface area contributed by atoms with Gasteiger partial charge < -0.3 is 14.7 Å². The molecule has 0 bridgehead atoms. The Balaban J connectivity index is 1.29. The molecule has 2 fully saturated rings. The lowest BCUT2D eigenvalue weighted by Crippen LogP contribution is -2.45. The Bertz CT molecular complexity index is 1560. The van der Waals surface area contributed by atoms with Crippen molar-refractivity contribution in [3.8, 4) is 5.19 Å². The van der Waals surface area contributed by atoms with Crippen LogP contribution in [0, 0.1) is 31.1 Å². The molecule has 1 saturated heterocycles. The number of hydrogen-bond donors (Lipinski definition) is 1. The minimum atomic E-state index is -1.08. The van der Waals surface area contributed by atoms with Gasteiger partial charge in [0.25, 0.3) is 5.19 Å². The Morgan fingerprint density at radius 3 is 2.77 bits per heavy atom. The van der Waals surface area contributed by atoms with Gasteiger partial charge in [0.2, 0.25) is 5.91 Å². The van der Waals surface area contributed by atoms with Crippen molar-refractivity contribution in [1.82, 2.24) is 9.88 Å². The summed E-state index contributed by atoms with van der Waals surface area (Å²) in [5, 5.41) is 10.7. The third kappa shape index (κ3) is 6.40. The maximum Gasteiger partial charge on any atom is 0.310 e. The quantitative estimate of drug-likeness (QED) is 0.328. The minimum absolute atomic E-state index is 0.0319. The highest BCUT2D eigenvalue weighted by atomic mass is 32.1.